The quantitative estimate of drug-likeness (QED) is 0.0238. The maximum Gasteiger partial charge on any atom is 0.303 e. The van der Waals surface area contributed by atoms with Gasteiger partial charge in [-0.05, 0) is 40.8 Å². The first-order valence-corrected chi connectivity index (χ1v) is 42.1. The van der Waals surface area contributed by atoms with Crippen molar-refractivity contribution in [1.82, 2.24) is 36.8 Å². The van der Waals surface area contributed by atoms with Gasteiger partial charge in [-0.1, -0.05) is 66.7 Å². The minimum Gasteiger partial charge on any atom is -0.489 e. The zero-order valence-corrected chi connectivity index (χ0v) is 75.0. The fourth-order valence-electron chi connectivity index (χ4n) is 13.5. The van der Waals surface area contributed by atoms with E-state index in [0.29, 0.717) is 17.9 Å². The summed E-state index contributed by atoms with van der Waals surface area (Å²) in [5.74, 6) is -9.60. The van der Waals surface area contributed by atoms with Crippen LogP contribution < -0.4 is 36.6 Å². The van der Waals surface area contributed by atoms with Crippen molar-refractivity contribution in [1.29, 1.82) is 0 Å². The summed E-state index contributed by atoms with van der Waals surface area (Å²) in [5, 5.41) is 16.3. The van der Waals surface area contributed by atoms with E-state index < -0.39 is 220 Å². The minimum atomic E-state index is -1.34. The lowest BCUT2D eigenvalue weighted by atomic mass is 9.96. The van der Waals surface area contributed by atoms with E-state index in [1.807, 2.05) is 78.9 Å². The van der Waals surface area contributed by atoms with Crippen molar-refractivity contribution in [3.05, 3.63) is 90.0 Å². The van der Waals surface area contributed by atoms with Crippen LogP contribution in [0.2, 0.25) is 0 Å². The van der Waals surface area contributed by atoms with Crippen LogP contribution >= 0.6 is 0 Å². The minimum absolute atomic E-state index is 0.00710. The van der Waals surface area contributed by atoms with E-state index in [1.165, 1.54) is 25.7 Å². The fraction of sp³-hybridized carbons (Fsp3) is 0.616. The Bertz CT molecular complexity index is 3970. The van der Waals surface area contributed by atoms with Crippen molar-refractivity contribution in [2.24, 2.45) is 0 Å². The summed E-state index contributed by atoms with van der Waals surface area (Å²) in [6, 6.07) is 19.8. The van der Waals surface area contributed by atoms with Gasteiger partial charge in [0.1, 0.15) is 68.6 Å². The van der Waals surface area contributed by atoms with Crippen LogP contribution in [0.15, 0.2) is 78.9 Å². The van der Waals surface area contributed by atoms with Crippen LogP contribution in [0, 0.1) is 0 Å². The van der Waals surface area contributed by atoms with Gasteiger partial charge >= 0.3 is 53.7 Å². The molecule has 3 aliphatic heterocycles. The molecule has 44 heteroatoms. The van der Waals surface area contributed by atoms with E-state index in [0.717, 1.165) is 79.0 Å². The first-order valence-electron chi connectivity index (χ1n) is 42.1. The number of benzene rings is 3. The van der Waals surface area contributed by atoms with Gasteiger partial charge in [-0.3, -0.25) is 76.8 Å². The van der Waals surface area contributed by atoms with Gasteiger partial charge in [-0.15, -0.1) is 0 Å². The maximum atomic E-state index is 14.8. The zero-order valence-electron chi connectivity index (χ0n) is 75.0. The van der Waals surface area contributed by atoms with Crippen LogP contribution in [0.3, 0.4) is 0 Å². The Morgan fingerprint density at radius 1 is 0.331 bits per heavy atom. The van der Waals surface area contributed by atoms with Gasteiger partial charge in [-0.2, -0.15) is 0 Å². The molecule has 16 atom stereocenters. The van der Waals surface area contributed by atoms with Crippen LogP contribution in [-0.2, 0) is 184 Å². The normalized spacial score (nSPS) is 21.8. The molecule has 0 bridgehead atoms. The van der Waals surface area contributed by atoms with Gasteiger partial charge in [0.05, 0.1) is 118 Å². The summed E-state index contributed by atoms with van der Waals surface area (Å²) in [5.41, 5.74) is 3.33. The molecule has 3 aliphatic rings. The Kier molecular flexibility index (Phi) is 48.6. The molecular weight excluding hydrogens is 1720 g/mol. The highest BCUT2D eigenvalue weighted by Gasteiger charge is 2.54. The second kappa shape index (κ2) is 58.6. The van der Waals surface area contributed by atoms with Crippen LogP contribution in [0.4, 0.5) is 0 Å². The Morgan fingerprint density at radius 3 is 0.946 bits per heavy atom. The van der Waals surface area contributed by atoms with E-state index in [2.05, 4.69) is 31.9 Å². The number of rotatable bonds is 57. The smallest absolute Gasteiger partial charge is 0.303 e. The third kappa shape index (κ3) is 41.0. The Balaban J connectivity index is 1.12. The second-order valence-corrected chi connectivity index (χ2v) is 29.6. The summed E-state index contributed by atoms with van der Waals surface area (Å²) in [4.78, 5) is 191. The molecule has 3 fully saturated rings. The van der Waals surface area contributed by atoms with Crippen LogP contribution in [-0.4, -0.2) is 344 Å². The monoisotopic (exact) mass is 1840 g/mol. The summed E-state index contributed by atoms with van der Waals surface area (Å²) in [7, 11) is 0. The molecule has 3 saturated heterocycles. The summed E-state index contributed by atoms with van der Waals surface area (Å²) in [6.07, 6.45) is -15.6. The van der Waals surface area contributed by atoms with E-state index in [-0.39, 0.29) is 125 Å². The lowest BCUT2D eigenvalue weighted by molar-refractivity contribution is -0.279. The number of nitrogens with one attached hydrogen (secondary N) is 6. The van der Waals surface area contributed by atoms with Gasteiger partial charge in [0.25, 0.3) is 0 Å². The van der Waals surface area contributed by atoms with Gasteiger partial charge in [0.15, 0.2) is 55.5 Å². The summed E-state index contributed by atoms with van der Waals surface area (Å²) >= 11 is 0. The average molecular weight is 1840 g/mol. The largest absolute Gasteiger partial charge is 0.489 e. The molecule has 44 nitrogen and oxygen atoms in total. The van der Waals surface area contributed by atoms with Crippen LogP contribution in [0.25, 0.3) is 11.1 Å². The number of ether oxygens (including phenoxy) is 22. The molecule has 6 rings (SSSR count). The molecule has 3 heterocycles. The Labute approximate surface area is 751 Å². The van der Waals surface area contributed by atoms with E-state index in [4.69, 9.17) is 104 Å². The lowest BCUT2D eigenvalue weighted by Crippen LogP contribution is -2.66. The van der Waals surface area contributed by atoms with Gasteiger partial charge in [-0.25, -0.2) is 0 Å². The highest BCUT2D eigenvalue weighted by Crippen LogP contribution is 2.33. The SMILES string of the molecule is CC(=O)N[C@H]1[C@H](OCCOCCOCCNC(=O)CN(CC(=O)NCCOCCOCCO[C@@H]2O[C@H](COC(C)=O)[C@H](OC(C)=O)[C@H](OC(C)=O)[C@H]2NC(C)=O)C(Cc2ccc(-c3ccc(OCc4ccccc4)cc3)cc2)C(=O)NCCOCCOCCO[C@@H]2O[C@H](COC(C)=O)[C@H](OC(C)=O)[C@H](OC(C)=O)[C@H]2NC(C)=O)O[C@H](COC(C)=O)[C@H](OC(C)=O)[C@@H]1OC(C)=O. The number of hydrogen-bond donors (Lipinski definition) is 6. The molecule has 130 heavy (non-hydrogen) atoms. The molecule has 0 spiro atoms. The van der Waals surface area contributed by atoms with Crippen molar-refractivity contribution in [2.45, 2.75) is 194 Å². The van der Waals surface area contributed by atoms with E-state index >= 15 is 0 Å². The predicted octanol–water partition coefficient (Wildman–Crippen LogP) is -0.388. The number of nitrogens with zero attached hydrogens (tertiary/aromatic N) is 1. The second-order valence-electron chi connectivity index (χ2n) is 29.6. The third-order valence-electron chi connectivity index (χ3n) is 18.8. The molecule has 3 aromatic rings. The first kappa shape index (κ1) is 108. The molecule has 0 saturated carbocycles. The molecule has 0 radical (unpaired) electrons. The molecular formula is C86H121N7O37. The van der Waals surface area contributed by atoms with Crippen LogP contribution in [0.5, 0.6) is 5.75 Å². The molecule has 3 aromatic carbocycles. The van der Waals surface area contributed by atoms with Crippen molar-refractivity contribution < 1.29 is 176 Å². The highest BCUT2D eigenvalue weighted by atomic mass is 16.7. The first-order chi connectivity index (χ1) is 62.1. The number of amides is 6. The van der Waals surface area contributed by atoms with Gasteiger partial charge in [0.2, 0.25) is 35.4 Å². The molecule has 1 unspecified atom stereocenters. The fourth-order valence-corrected chi connectivity index (χ4v) is 13.5. The number of carbonyl (C=O) groups excluding carboxylic acids is 15. The molecule has 722 valence electrons. The molecule has 0 aromatic heterocycles. The average Bonchev–Trinajstić information content (AvgIpc) is 0.789. The topological polar surface area (TPSA) is 535 Å². The van der Waals surface area contributed by atoms with E-state index in [1.54, 1.807) is 0 Å². The Hall–Kier alpha value is -11.0. The molecule has 6 N–H and O–H groups in total. The standard InChI is InChI=1S/C86H121N7O37/c1-51(94)90-74-80(125-60(10)103)77(122-57(7)100)69(48-118-54(4)97)128-84(74)115-41-38-112-35-32-109-29-26-87-72(106)45-93(46-73(107)88-27-30-110-33-36-113-39-42-116-85-75(91-52(2)95)81(126-61(11)104)78(123-58(8)101)70(129-85)49-119-55(5)98)68(44-63-18-20-65(21-19-63)66-22-24-67(25-23-66)121-47-64-16-14-13-15-17-64)83(108)89-28-31-111-34-37-114-40-43-117-86-76(92-53(3)96)82(127-62(12)105)79(124-59(9)102)71(130-86)50-120-56(6)99/h13-25,68-71,74-82,84-86H,26-50H2,1-12H3,(H,87,106)(H,88,107)(H,89,108)(H,90,94)(H,91,95)(H,92,96)/t68?,69-,70-,71-,74-,75-,76-,77+,78+,79+,80-,81-,82-,84-,85-,86-/m1/s1. The van der Waals surface area contributed by atoms with Crippen molar-refractivity contribution in [2.75, 3.05) is 152 Å². The number of esters is 9. The lowest BCUT2D eigenvalue weighted by Gasteiger charge is -2.44. The van der Waals surface area contributed by atoms with Crippen LogP contribution in [0.1, 0.15) is 94.2 Å². The summed E-state index contributed by atoms with van der Waals surface area (Å²) < 4.78 is 125. The third-order valence-corrected chi connectivity index (χ3v) is 18.8. The van der Waals surface area contributed by atoms with E-state index in [9.17, 15) is 71.9 Å². The summed E-state index contributed by atoms with van der Waals surface area (Å²) in [6.45, 7) is 10.9. The number of carbonyl (C=O) groups is 15. The van der Waals surface area contributed by atoms with Crippen molar-refractivity contribution >= 4 is 89.2 Å². The zero-order chi connectivity index (χ0) is 95.0. The molecule has 0 aliphatic carbocycles. The maximum absolute atomic E-state index is 14.8. The van der Waals surface area contributed by atoms with Crippen molar-refractivity contribution in [3.8, 4) is 16.9 Å². The van der Waals surface area contributed by atoms with Gasteiger partial charge in [0, 0.05) is 103 Å². The predicted molar refractivity (Wildman–Crippen MR) is 446 cm³/mol. The van der Waals surface area contributed by atoms with Gasteiger partial charge < -0.3 is 136 Å². The Morgan fingerprint density at radius 2 is 0.631 bits per heavy atom. The highest BCUT2D eigenvalue weighted by molar-refractivity contribution is 5.86. The molecule has 6 amide bonds. The van der Waals surface area contributed by atoms with Crippen molar-refractivity contribution in [3.63, 3.8) is 0 Å². The number of hydrogen-bond acceptors (Lipinski definition) is 38.